The van der Waals surface area contributed by atoms with Crippen LogP contribution in [0.2, 0.25) is 0 Å². The molecule has 0 heterocycles. The van der Waals surface area contributed by atoms with Gasteiger partial charge in [-0.15, -0.1) is 0 Å². The molecule has 2 nitrogen and oxygen atoms in total. The quantitative estimate of drug-likeness (QED) is 0.787. The summed E-state index contributed by atoms with van der Waals surface area (Å²) >= 11 is 1.85. The molecule has 0 saturated carbocycles. The Kier molecular flexibility index (Phi) is 6.28. The van der Waals surface area contributed by atoms with Gasteiger partial charge in [-0.05, 0) is 61.6 Å². The lowest BCUT2D eigenvalue weighted by atomic mass is 10.0. The molecule has 1 N–H and O–H groups in total. The zero-order valence-electron chi connectivity index (χ0n) is 14.4. The van der Waals surface area contributed by atoms with Crippen LogP contribution in [0, 0.1) is 27.7 Å². The van der Waals surface area contributed by atoms with Crippen LogP contribution in [-0.4, -0.2) is 18.2 Å². The van der Waals surface area contributed by atoms with Crippen molar-refractivity contribution in [1.29, 1.82) is 0 Å². The molecule has 0 bridgehead atoms. The van der Waals surface area contributed by atoms with Crippen molar-refractivity contribution in [2.75, 3.05) is 12.3 Å². The maximum atomic E-state index is 12.3. The van der Waals surface area contributed by atoms with E-state index in [-0.39, 0.29) is 5.91 Å². The van der Waals surface area contributed by atoms with E-state index in [1.165, 1.54) is 16.7 Å². The molecule has 0 aromatic heterocycles. The van der Waals surface area contributed by atoms with Gasteiger partial charge in [0, 0.05) is 23.6 Å². The van der Waals surface area contributed by atoms with Gasteiger partial charge in [0.2, 0.25) is 0 Å². The zero-order chi connectivity index (χ0) is 16.8. The van der Waals surface area contributed by atoms with Crippen molar-refractivity contribution in [3.05, 3.63) is 69.8 Å². The summed E-state index contributed by atoms with van der Waals surface area (Å²) in [7, 11) is 0. The Bertz CT molecular complexity index is 694. The summed E-state index contributed by atoms with van der Waals surface area (Å²) in [6, 6.07) is 12.5. The fraction of sp³-hybridized carbons (Fsp3) is 0.350. The average molecular weight is 327 g/mol. The molecular weight excluding hydrogens is 302 g/mol. The van der Waals surface area contributed by atoms with Crippen LogP contribution in [0.3, 0.4) is 0 Å². The largest absolute Gasteiger partial charge is 0.351 e. The lowest BCUT2D eigenvalue weighted by Crippen LogP contribution is -2.26. The third kappa shape index (κ3) is 4.87. The van der Waals surface area contributed by atoms with E-state index in [1.54, 1.807) is 0 Å². The topological polar surface area (TPSA) is 29.1 Å². The molecule has 122 valence electrons. The van der Waals surface area contributed by atoms with Gasteiger partial charge in [-0.1, -0.05) is 30.3 Å². The van der Waals surface area contributed by atoms with E-state index in [4.69, 9.17) is 0 Å². The molecule has 2 aromatic rings. The van der Waals surface area contributed by atoms with Crippen LogP contribution >= 0.6 is 11.8 Å². The Morgan fingerprint density at radius 1 is 0.957 bits per heavy atom. The molecule has 23 heavy (non-hydrogen) atoms. The standard InChI is InChI=1S/C20H25NOS/c1-14-7-5-6-8-18(14)13-23-10-9-21-20(22)19-12-16(3)15(2)11-17(19)4/h5-8,11-12H,9-10,13H2,1-4H3,(H,21,22). The van der Waals surface area contributed by atoms with E-state index in [0.29, 0.717) is 6.54 Å². The lowest BCUT2D eigenvalue weighted by Gasteiger charge is -2.11. The van der Waals surface area contributed by atoms with Crippen molar-refractivity contribution in [1.82, 2.24) is 5.32 Å². The maximum Gasteiger partial charge on any atom is 0.251 e. The molecule has 0 saturated heterocycles. The molecule has 0 unspecified atom stereocenters. The molecule has 2 aromatic carbocycles. The molecule has 0 aliphatic heterocycles. The third-order valence-electron chi connectivity index (χ3n) is 4.14. The van der Waals surface area contributed by atoms with Crippen molar-refractivity contribution >= 4 is 17.7 Å². The third-order valence-corrected chi connectivity index (χ3v) is 5.14. The minimum absolute atomic E-state index is 0.0297. The van der Waals surface area contributed by atoms with E-state index in [1.807, 2.05) is 31.7 Å². The molecule has 3 heteroatoms. The number of hydrogen-bond acceptors (Lipinski definition) is 2. The van der Waals surface area contributed by atoms with Crippen molar-refractivity contribution < 1.29 is 4.79 Å². The van der Waals surface area contributed by atoms with Gasteiger partial charge in [0.25, 0.3) is 5.91 Å². The van der Waals surface area contributed by atoms with Gasteiger partial charge in [0.1, 0.15) is 0 Å². The maximum absolute atomic E-state index is 12.3. The van der Waals surface area contributed by atoms with Crippen LogP contribution in [-0.2, 0) is 5.75 Å². The highest BCUT2D eigenvalue weighted by Gasteiger charge is 2.10. The van der Waals surface area contributed by atoms with Crippen molar-refractivity contribution in [3.8, 4) is 0 Å². The predicted octanol–water partition coefficient (Wildman–Crippen LogP) is 4.58. The second kappa shape index (κ2) is 8.21. The lowest BCUT2D eigenvalue weighted by molar-refractivity contribution is 0.0955. The van der Waals surface area contributed by atoms with Crippen molar-refractivity contribution in [3.63, 3.8) is 0 Å². The first-order valence-corrected chi connectivity index (χ1v) is 9.13. The first kappa shape index (κ1) is 17.6. The Morgan fingerprint density at radius 3 is 2.39 bits per heavy atom. The Labute approximate surface area is 143 Å². The fourth-order valence-corrected chi connectivity index (χ4v) is 3.43. The van der Waals surface area contributed by atoms with Crippen LogP contribution in [0.5, 0.6) is 0 Å². The number of aryl methyl sites for hydroxylation is 4. The molecule has 2 rings (SSSR count). The highest BCUT2D eigenvalue weighted by Crippen LogP contribution is 2.16. The summed E-state index contributed by atoms with van der Waals surface area (Å²) in [5, 5.41) is 3.03. The summed E-state index contributed by atoms with van der Waals surface area (Å²) in [6.45, 7) is 8.95. The first-order valence-electron chi connectivity index (χ1n) is 7.97. The molecular formula is C20H25NOS. The van der Waals surface area contributed by atoms with Gasteiger partial charge in [0.15, 0.2) is 0 Å². The number of carbonyl (C=O) groups excluding carboxylic acids is 1. The van der Waals surface area contributed by atoms with Gasteiger partial charge >= 0.3 is 0 Å². The summed E-state index contributed by atoms with van der Waals surface area (Å²) < 4.78 is 0. The summed E-state index contributed by atoms with van der Waals surface area (Å²) in [5.74, 6) is 1.94. The molecule has 0 aliphatic carbocycles. The molecule has 0 fully saturated rings. The Balaban J connectivity index is 1.79. The van der Waals surface area contributed by atoms with E-state index >= 15 is 0 Å². The number of carbonyl (C=O) groups is 1. The van der Waals surface area contributed by atoms with Gasteiger partial charge in [-0.25, -0.2) is 0 Å². The molecule has 1 amide bonds. The minimum atomic E-state index is 0.0297. The zero-order valence-corrected chi connectivity index (χ0v) is 15.2. The molecule has 0 radical (unpaired) electrons. The number of hydrogen-bond donors (Lipinski definition) is 1. The normalized spacial score (nSPS) is 10.6. The average Bonchev–Trinajstić information content (AvgIpc) is 2.52. The van der Waals surface area contributed by atoms with E-state index < -0.39 is 0 Å². The summed E-state index contributed by atoms with van der Waals surface area (Å²) in [5.41, 5.74) is 6.92. The molecule has 0 spiro atoms. The molecule has 0 atom stereocenters. The van der Waals surface area contributed by atoms with Crippen molar-refractivity contribution in [2.45, 2.75) is 33.4 Å². The summed E-state index contributed by atoms with van der Waals surface area (Å²) in [6.07, 6.45) is 0. The van der Waals surface area contributed by atoms with E-state index in [2.05, 4.69) is 49.5 Å². The van der Waals surface area contributed by atoms with Crippen LogP contribution < -0.4 is 5.32 Å². The van der Waals surface area contributed by atoms with E-state index in [9.17, 15) is 4.79 Å². The highest BCUT2D eigenvalue weighted by molar-refractivity contribution is 7.98. The monoisotopic (exact) mass is 327 g/mol. The Morgan fingerprint density at radius 2 is 1.65 bits per heavy atom. The smallest absolute Gasteiger partial charge is 0.251 e. The van der Waals surface area contributed by atoms with Gasteiger partial charge in [0.05, 0.1) is 0 Å². The van der Waals surface area contributed by atoms with Crippen LogP contribution in [0.4, 0.5) is 0 Å². The van der Waals surface area contributed by atoms with Crippen LogP contribution in [0.15, 0.2) is 36.4 Å². The van der Waals surface area contributed by atoms with Gasteiger partial charge < -0.3 is 5.32 Å². The number of nitrogens with one attached hydrogen (secondary N) is 1. The van der Waals surface area contributed by atoms with Crippen LogP contribution in [0.25, 0.3) is 0 Å². The SMILES string of the molecule is Cc1cc(C)c(C(=O)NCCSCc2ccccc2C)cc1C. The van der Waals surface area contributed by atoms with E-state index in [0.717, 1.165) is 28.2 Å². The Hall–Kier alpha value is -1.74. The highest BCUT2D eigenvalue weighted by atomic mass is 32.2. The number of rotatable bonds is 6. The second-order valence-corrected chi connectivity index (χ2v) is 7.09. The number of thioether (sulfide) groups is 1. The summed E-state index contributed by atoms with van der Waals surface area (Å²) in [4.78, 5) is 12.3. The van der Waals surface area contributed by atoms with Gasteiger partial charge in [-0.3, -0.25) is 4.79 Å². The molecule has 0 aliphatic rings. The minimum Gasteiger partial charge on any atom is -0.351 e. The number of benzene rings is 2. The second-order valence-electron chi connectivity index (χ2n) is 5.99. The predicted molar refractivity (Wildman–Crippen MR) is 100 cm³/mol. The number of amides is 1. The fourth-order valence-electron chi connectivity index (χ4n) is 2.49. The van der Waals surface area contributed by atoms with Crippen LogP contribution in [0.1, 0.15) is 38.2 Å². The van der Waals surface area contributed by atoms with Crippen molar-refractivity contribution in [2.24, 2.45) is 0 Å². The van der Waals surface area contributed by atoms with Gasteiger partial charge in [-0.2, -0.15) is 11.8 Å². The first-order chi connectivity index (χ1) is 11.0.